The average Bonchev–Trinajstić information content (AvgIpc) is 2.48. The molecule has 19 heavy (non-hydrogen) atoms. The number of nitrogens with zero attached hydrogens (tertiary/aromatic N) is 1. The number of pyridine rings is 1. The van der Waals surface area contributed by atoms with Gasteiger partial charge in [0.05, 0.1) is 11.9 Å². The van der Waals surface area contributed by atoms with Gasteiger partial charge in [-0.15, -0.1) is 0 Å². The van der Waals surface area contributed by atoms with Crippen LogP contribution in [0, 0.1) is 0 Å². The van der Waals surface area contributed by atoms with Crippen LogP contribution in [0.3, 0.4) is 0 Å². The molecule has 1 unspecified atom stereocenters. The lowest BCUT2D eigenvalue weighted by Gasteiger charge is -2.15. The van der Waals surface area contributed by atoms with E-state index in [0.29, 0.717) is 0 Å². The second-order valence-corrected chi connectivity index (χ2v) is 4.15. The molecule has 1 heterocycles. The molecule has 5 nitrogen and oxygen atoms in total. The van der Waals surface area contributed by atoms with Crippen molar-refractivity contribution < 1.29 is 10.0 Å². The molecular formula is C14H15N3O2. The number of amides is 1. The van der Waals surface area contributed by atoms with E-state index in [1.165, 1.54) is 5.56 Å². The third kappa shape index (κ3) is 3.29. The van der Waals surface area contributed by atoms with Gasteiger partial charge in [-0.25, -0.2) is 10.5 Å². The third-order valence-electron chi connectivity index (χ3n) is 2.78. The number of aromatic nitrogens is 1. The van der Waals surface area contributed by atoms with Gasteiger partial charge >= 0.3 is 0 Å². The van der Waals surface area contributed by atoms with Gasteiger partial charge in [0.25, 0.3) is 5.91 Å². The summed E-state index contributed by atoms with van der Waals surface area (Å²) in [5.41, 5.74) is 3.69. The third-order valence-corrected chi connectivity index (χ3v) is 2.78. The average molecular weight is 257 g/mol. The quantitative estimate of drug-likeness (QED) is 0.580. The van der Waals surface area contributed by atoms with Crippen molar-refractivity contribution >= 4 is 11.6 Å². The summed E-state index contributed by atoms with van der Waals surface area (Å²) in [6, 6.07) is 13.5. The zero-order valence-electron chi connectivity index (χ0n) is 10.5. The number of nitrogens with one attached hydrogen (secondary N) is 2. The Bertz CT molecular complexity index is 540. The molecule has 0 aliphatic rings. The highest BCUT2D eigenvalue weighted by Gasteiger charge is 2.07. The second kappa shape index (κ2) is 5.97. The zero-order valence-corrected chi connectivity index (χ0v) is 10.5. The minimum absolute atomic E-state index is 0.139. The predicted octanol–water partition coefficient (Wildman–Crippen LogP) is 2.37. The highest BCUT2D eigenvalue weighted by Crippen LogP contribution is 2.18. The second-order valence-electron chi connectivity index (χ2n) is 4.15. The number of hydrogen-bond acceptors (Lipinski definition) is 4. The van der Waals surface area contributed by atoms with Crippen molar-refractivity contribution in [3.63, 3.8) is 0 Å². The summed E-state index contributed by atoms with van der Waals surface area (Å²) < 4.78 is 0. The fourth-order valence-corrected chi connectivity index (χ4v) is 1.75. The number of anilines is 1. The van der Waals surface area contributed by atoms with Crippen molar-refractivity contribution in [2.75, 3.05) is 5.32 Å². The normalized spacial score (nSPS) is 11.7. The molecule has 0 radical (unpaired) electrons. The van der Waals surface area contributed by atoms with Crippen LogP contribution < -0.4 is 10.8 Å². The molecule has 2 rings (SSSR count). The van der Waals surface area contributed by atoms with E-state index < -0.39 is 5.91 Å². The zero-order chi connectivity index (χ0) is 13.7. The predicted molar refractivity (Wildman–Crippen MR) is 72.0 cm³/mol. The maximum Gasteiger partial charge on any atom is 0.293 e. The van der Waals surface area contributed by atoms with Crippen LogP contribution in [-0.2, 0) is 0 Å². The van der Waals surface area contributed by atoms with Crippen LogP contribution in [0.15, 0.2) is 48.7 Å². The summed E-state index contributed by atoms with van der Waals surface area (Å²) in [6.45, 7) is 2.05. The molecule has 0 spiro atoms. The Hall–Kier alpha value is -2.40. The van der Waals surface area contributed by atoms with Gasteiger partial charge in [-0.3, -0.25) is 10.0 Å². The first-order valence-electron chi connectivity index (χ1n) is 5.92. The van der Waals surface area contributed by atoms with Gasteiger partial charge < -0.3 is 5.32 Å². The largest absolute Gasteiger partial charge is 0.377 e. The molecule has 5 heteroatoms. The van der Waals surface area contributed by atoms with E-state index in [4.69, 9.17) is 5.21 Å². The van der Waals surface area contributed by atoms with Gasteiger partial charge in [0.2, 0.25) is 0 Å². The molecule has 1 aromatic carbocycles. The maximum absolute atomic E-state index is 11.1. The van der Waals surface area contributed by atoms with E-state index in [2.05, 4.69) is 10.3 Å². The first kappa shape index (κ1) is 13.0. The molecule has 2 aromatic rings. The van der Waals surface area contributed by atoms with Crippen LogP contribution in [0.4, 0.5) is 5.69 Å². The minimum atomic E-state index is -0.623. The molecule has 0 aliphatic heterocycles. The van der Waals surface area contributed by atoms with Crippen LogP contribution in [-0.4, -0.2) is 16.1 Å². The summed E-state index contributed by atoms with van der Waals surface area (Å²) in [5.74, 6) is -0.623. The van der Waals surface area contributed by atoms with Gasteiger partial charge in [-0.2, -0.15) is 0 Å². The Labute approximate surface area is 111 Å². The molecule has 1 amide bonds. The Kier molecular flexibility index (Phi) is 4.10. The number of carbonyl (C=O) groups excluding carboxylic acids is 1. The standard InChI is InChI=1S/C14H15N3O2/c1-10(11-5-3-2-4-6-11)16-12-7-8-13(15-9-12)14(18)17-19/h2-10,16,19H,1H3,(H,17,18). The lowest BCUT2D eigenvalue weighted by molar-refractivity contribution is 0.0701. The van der Waals surface area contributed by atoms with Gasteiger partial charge in [-0.1, -0.05) is 30.3 Å². The fourth-order valence-electron chi connectivity index (χ4n) is 1.75. The molecule has 0 fully saturated rings. The number of carbonyl (C=O) groups is 1. The van der Waals surface area contributed by atoms with Crippen molar-refractivity contribution in [1.29, 1.82) is 0 Å². The lowest BCUT2D eigenvalue weighted by atomic mass is 10.1. The van der Waals surface area contributed by atoms with Crippen LogP contribution in [0.1, 0.15) is 29.0 Å². The van der Waals surface area contributed by atoms with E-state index in [0.717, 1.165) is 5.69 Å². The summed E-state index contributed by atoms with van der Waals surface area (Å²) in [7, 11) is 0. The molecule has 0 aliphatic carbocycles. The van der Waals surface area contributed by atoms with E-state index in [-0.39, 0.29) is 11.7 Å². The van der Waals surface area contributed by atoms with Crippen molar-refractivity contribution in [2.24, 2.45) is 0 Å². The highest BCUT2D eigenvalue weighted by molar-refractivity contribution is 5.91. The first-order chi connectivity index (χ1) is 9.20. The smallest absolute Gasteiger partial charge is 0.293 e. The summed E-state index contributed by atoms with van der Waals surface area (Å²) in [4.78, 5) is 15.1. The SMILES string of the molecule is CC(Nc1ccc(C(=O)NO)nc1)c1ccccc1. The number of benzene rings is 1. The molecule has 0 bridgehead atoms. The Morgan fingerprint density at radius 1 is 1.21 bits per heavy atom. The summed E-state index contributed by atoms with van der Waals surface area (Å²) in [6.07, 6.45) is 1.56. The molecule has 0 saturated carbocycles. The molecule has 1 atom stereocenters. The van der Waals surface area contributed by atoms with Crippen molar-refractivity contribution in [3.05, 3.63) is 59.9 Å². The number of hydroxylamine groups is 1. The maximum atomic E-state index is 11.1. The molecule has 0 saturated heterocycles. The van der Waals surface area contributed by atoms with Gasteiger partial charge in [0.15, 0.2) is 0 Å². The van der Waals surface area contributed by atoms with E-state index in [9.17, 15) is 4.79 Å². The summed E-state index contributed by atoms with van der Waals surface area (Å²) in [5, 5.41) is 11.8. The minimum Gasteiger partial charge on any atom is -0.377 e. The van der Waals surface area contributed by atoms with Crippen molar-refractivity contribution in [3.8, 4) is 0 Å². The van der Waals surface area contributed by atoms with Crippen LogP contribution >= 0.6 is 0 Å². The first-order valence-corrected chi connectivity index (χ1v) is 5.92. The Morgan fingerprint density at radius 3 is 2.53 bits per heavy atom. The number of rotatable bonds is 4. The van der Waals surface area contributed by atoms with Gasteiger partial charge in [0, 0.05) is 6.04 Å². The topological polar surface area (TPSA) is 74.2 Å². The van der Waals surface area contributed by atoms with E-state index in [1.807, 2.05) is 37.3 Å². The van der Waals surface area contributed by atoms with Crippen molar-refractivity contribution in [2.45, 2.75) is 13.0 Å². The Morgan fingerprint density at radius 2 is 1.95 bits per heavy atom. The molecule has 98 valence electrons. The van der Waals surface area contributed by atoms with E-state index in [1.54, 1.807) is 23.8 Å². The lowest BCUT2D eigenvalue weighted by Crippen LogP contribution is -2.19. The molecule has 3 N–H and O–H groups in total. The van der Waals surface area contributed by atoms with Gasteiger partial charge in [0.1, 0.15) is 5.69 Å². The van der Waals surface area contributed by atoms with Gasteiger partial charge in [-0.05, 0) is 24.6 Å². The molecular weight excluding hydrogens is 242 g/mol. The monoisotopic (exact) mass is 257 g/mol. The highest BCUT2D eigenvalue weighted by atomic mass is 16.5. The number of hydrogen-bond donors (Lipinski definition) is 3. The van der Waals surface area contributed by atoms with Crippen LogP contribution in [0.2, 0.25) is 0 Å². The Balaban J connectivity index is 2.06. The van der Waals surface area contributed by atoms with E-state index >= 15 is 0 Å². The fraction of sp³-hybridized carbons (Fsp3) is 0.143. The summed E-state index contributed by atoms with van der Waals surface area (Å²) >= 11 is 0. The van der Waals surface area contributed by atoms with Crippen LogP contribution in [0.5, 0.6) is 0 Å². The van der Waals surface area contributed by atoms with Crippen LogP contribution in [0.25, 0.3) is 0 Å². The van der Waals surface area contributed by atoms with Crippen molar-refractivity contribution in [1.82, 2.24) is 10.5 Å². The molecule has 1 aromatic heterocycles.